The van der Waals surface area contributed by atoms with Crippen LogP contribution in [0, 0.1) is 13.8 Å². The second kappa shape index (κ2) is 10.9. The molecular weight excluding hydrogens is 476 g/mol. The number of nitrogens with zero attached hydrogens (tertiary/aromatic N) is 1. The van der Waals surface area contributed by atoms with Crippen LogP contribution in [-0.4, -0.2) is 11.8 Å². The Bertz CT molecular complexity index is 1480. The Kier molecular flexibility index (Phi) is 7.24. The summed E-state index contributed by atoms with van der Waals surface area (Å²) in [5.41, 5.74) is 6.67. The Labute approximate surface area is 222 Å². The first kappa shape index (κ1) is 24.6. The van der Waals surface area contributed by atoms with Crippen LogP contribution in [0.2, 0.25) is 0 Å². The van der Waals surface area contributed by atoms with E-state index in [0.29, 0.717) is 23.6 Å². The van der Waals surface area contributed by atoms with E-state index in [9.17, 15) is 9.59 Å². The number of benzene rings is 4. The van der Waals surface area contributed by atoms with Crippen molar-refractivity contribution in [1.29, 1.82) is 0 Å². The Morgan fingerprint density at radius 2 is 1.62 bits per heavy atom. The molecule has 37 heavy (non-hydrogen) atoms. The average Bonchev–Trinajstić information content (AvgIpc) is 2.91. The number of thioether (sulfide) groups is 1. The first-order chi connectivity index (χ1) is 18.0. The Balaban J connectivity index is 1.46. The minimum atomic E-state index is -0.165. The fraction of sp³-hybridized carbons (Fsp3) is 0.125. The van der Waals surface area contributed by atoms with Crippen molar-refractivity contribution in [3.8, 4) is 0 Å². The number of carbonyl (C=O) groups excluding carboxylic acids is 2. The van der Waals surface area contributed by atoms with Gasteiger partial charge in [-0.1, -0.05) is 102 Å². The molecule has 0 saturated carbocycles. The largest absolute Gasteiger partial charge is 0.348 e. The monoisotopic (exact) mass is 504 g/mol. The van der Waals surface area contributed by atoms with E-state index < -0.39 is 0 Å². The third kappa shape index (κ3) is 5.84. The number of rotatable bonds is 6. The zero-order valence-corrected chi connectivity index (χ0v) is 21.7. The van der Waals surface area contributed by atoms with Gasteiger partial charge in [-0.05, 0) is 54.8 Å². The van der Waals surface area contributed by atoms with Gasteiger partial charge in [-0.15, -0.1) is 0 Å². The maximum absolute atomic E-state index is 13.7. The van der Waals surface area contributed by atoms with Crippen LogP contribution in [0.3, 0.4) is 0 Å². The molecule has 0 radical (unpaired) electrons. The molecule has 0 atom stereocenters. The molecule has 1 aliphatic heterocycles. The van der Waals surface area contributed by atoms with E-state index in [2.05, 4.69) is 11.4 Å². The molecule has 0 fully saturated rings. The normalized spacial score (nSPS) is 13.9. The zero-order valence-electron chi connectivity index (χ0n) is 20.9. The van der Waals surface area contributed by atoms with Crippen molar-refractivity contribution in [3.63, 3.8) is 0 Å². The van der Waals surface area contributed by atoms with Gasteiger partial charge in [0, 0.05) is 17.0 Å². The SMILES string of the molecule is Cc1ccc(CNC(=O)c2ccc3c(c2)N(Cc2cccc(C)c2)C(=O)C(=Cc2ccccc2)S3)cc1. The molecule has 1 N–H and O–H groups in total. The highest BCUT2D eigenvalue weighted by atomic mass is 32.2. The Morgan fingerprint density at radius 3 is 2.38 bits per heavy atom. The van der Waals surface area contributed by atoms with Crippen LogP contribution in [0.15, 0.2) is 107 Å². The highest BCUT2D eigenvalue weighted by molar-refractivity contribution is 8.04. The molecule has 0 bridgehead atoms. The fourth-order valence-electron chi connectivity index (χ4n) is 4.29. The molecule has 5 heteroatoms. The molecule has 4 aromatic carbocycles. The van der Waals surface area contributed by atoms with Crippen molar-refractivity contribution in [3.05, 3.63) is 135 Å². The van der Waals surface area contributed by atoms with Crippen molar-refractivity contribution < 1.29 is 9.59 Å². The number of hydrogen-bond acceptors (Lipinski definition) is 3. The van der Waals surface area contributed by atoms with E-state index in [0.717, 1.165) is 32.8 Å². The molecule has 0 aromatic heterocycles. The van der Waals surface area contributed by atoms with E-state index in [1.165, 1.54) is 17.3 Å². The van der Waals surface area contributed by atoms with Crippen molar-refractivity contribution in [2.75, 3.05) is 4.90 Å². The molecule has 0 saturated heterocycles. The van der Waals surface area contributed by atoms with E-state index in [-0.39, 0.29) is 11.8 Å². The number of anilines is 1. The molecule has 1 heterocycles. The van der Waals surface area contributed by atoms with Gasteiger partial charge in [0.25, 0.3) is 11.8 Å². The summed E-state index contributed by atoms with van der Waals surface area (Å²) in [7, 11) is 0. The summed E-state index contributed by atoms with van der Waals surface area (Å²) in [5, 5.41) is 3.01. The van der Waals surface area contributed by atoms with Crippen LogP contribution in [0.4, 0.5) is 5.69 Å². The third-order valence-corrected chi connectivity index (χ3v) is 7.36. The summed E-state index contributed by atoms with van der Waals surface area (Å²) in [6, 6.07) is 31.7. The van der Waals surface area contributed by atoms with Gasteiger partial charge in [0.05, 0.1) is 17.1 Å². The summed E-state index contributed by atoms with van der Waals surface area (Å²) in [6.45, 7) is 4.95. The topological polar surface area (TPSA) is 49.4 Å². The second-order valence-corrected chi connectivity index (χ2v) is 10.3. The van der Waals surface area contributed by atoms with Crippen LogP contribution in [-0.2, 0) is 17.9 Å². The summed E-state index contributed by atoms with van der Waals surface area (Å²) in [6.07, 6.45) is 1.93. The van der Waals surface area contributed by atoms with Gasteiger partial charge in [0.15, 0.2) is 0 Å². The standard InChI is InChI=1S/C32H28N2O2S/c1-22-11-13-25(14-12-22)20-33-31(35)27-15-16-29-28(19-27)34(21-26-10-6-7-23(2)17-26)32(36)30(37-29)18-24-8-4-3-5-9-24/h3-19H,20-21H2,1-2H3,(H,33,35). The minimum Gasteiger partial charge on any atom is -0.348 e. The van der Waals surface area contributed by atoms with E-state index in [1.807, 2.05) is 111 Å². The fourth-order valence-corrected chi connectivity index (χ4v) is 5.33. The molecular formula is C32H28N2O2S. The summed E-state index contributed by atoms with van der Waals surface area (Å²) < 4.78 is 0. The maximum atomic E-state index is 13.7. The lowest BCUT2D eigenvalue weighted by atomic mass is 10.1. The molecule has 4 nitrogen and oxygen atoms in total. The maximum Gasteiger partial charge on any atom is 0.265 e. The summed E-state index contributed by atoms with van der Waals surface area (Å²) in [5.74, 6) is -0.234. The lowest BCUT2D eigenvalue weighted by Crippen LogP contribution is -2.34. The van der Waals surface area contributed by atoms with Gasteiger partial charge in [0.1, 0.15) is 0 Å². The lowest BCUT2D eigenvalue weighted by Gasteiger charge is -2.31. The summed E-state index contributed by atoms with van der Waals surface area (Å²) >= 11 is 1.45. The number of hydrogen-bond donors (Lipinski definition) is 1. The van der Waals surface area contributed by atoms with Crippen molar-refractivity contribution in [1.82, 2.24) is 5.32 Å². The predicted molar refractivity (Wildman–Crippen MR) is 151 cm³/mol. The Hall–Kier alpha value is -4.09. The average molecular weight is 505 g/mol. The van der Waals surface area contributed by atoms with Crippen molar-refractivity contribution in [2.45, 2.75) is 31.8 Å². The number of carbonyl (C=O) groups is 2. The zero-order chi connectivity index (χ0) is 25.8. The smallest absolute Gasteiger partial charge is 0.265 e. The highest BCUT2D eigenvalue weighted by Crippen LogP contribution is 2.43. The van der Waals surface area contributed by atoms with Gasteiger partial charge in [-0.2, -0.15) is 0 Å². The summed E-state index contributed by atoms with van der Waals surface area (Å²) in [4.78, 5) is 30.2. The van der Waals surface area contributed by atoms with Gasteiger partial charge in [-0.3, -0.25) is 9.59 Å². The molecule has 0 unspecified atom stereocenters. The molecule has 5 rings (SSSR count). The number of aryl methyl sites for hydroxylation is 2. The van der Waals surface area contributed by atoms with Gasteiger partial charge in [-0.25, -0.2) is 0 Å². The van der Waals surface area contributed by atoms with Gasteiger partial charge < -0.3 is 10.2 Å². The molecule has 2 amide bonds. The van der Waals surface area contributed by atoms with E-state index >= 15 is 0 Å². The van der Waals surface area contributed by atoms with Crippen LogP contribution in [0.5, 0.6) is 0 Å². The van der Waals surface area contributed by atoms with Gasteiger partial charge in [0.2, 0.25) is 0 Å². The van der Waals surface area contributed by atoms with Crippen molar-refractivity contribution in [2.24, 2.45) is 0 Å². The number of fused-ring (bicyclic) bond motifs is 1. The van der Waals surface area contributed by atoms with Crippen LogP contribution in [0.25, 0.3) is 6.08 Å². The van der Waals surface area contributed by atoms with E-state index in [1.54, 1.807) is 4.90 Å². The first-order valence-electron chi connectivity index (χ1n) is 12.3. The molecule has 4 aromatic rings. The van der Waals surface area contributed by atoms with Crippen molar-refractivity contribution >= 4 is 35.3 Å². The second-order valence-electron chi connectivity index (χ2n) is 9.25. The molecule has 184 valence electrons. The van der Waals surface area contributed by atoms with Crippen LogP contribution < -0.4 is 10.2 Å². The Morgan fingerprint density at radius 1 is 0.838 bits per heavy atom. The van der Waals surface area contributed by atoms with E-state index in [4.69, 9.17) is 0 Å². The lowest BCUT2D eigenvalue weighted by molar-refractivity contribution is -0.114. The minimum absolute atomic E-state index is 0.0694. The molecule has 1 aliphatic rings. The number of nitrogens with one attached hydrogen (secondary N) is 1. The number of amides is 2. The predicted octanol–water partition coefficient (Wildman–Crippen LogP) is 6.91. The van der Waals surface area contributed by atoms with Gasteiger partial charge >= 0.3 is 0 Å². The van der Waals surface area contributed by atoms with Crippen LogP contribution in [0.1, 0.15) is 38.2 Å². The highest BCUT2D eigenvalue weighted by Gasteiger charge is 2.30. The molecule has 0 aliphatic carbocycles. The molecule has 0 spiro atoms. The first-order valence-corrected chi connectivity index (χ1v) is 13.1. The quantitative estimate of drug-likeness (QED) is 0.290. The van der Waals surface area contributed by atoms with Crippen LogP contribution >= 0.6 is 11.8 Å². The third-order valence-electron chi connectivity index (χ3n) is 6.28.